The Kier molecular flexibility index (Phi) is 4.10. The summed E-state index contributed by atoms with van der Waals surface area (Å²) in [5, 5.41) is 14.2. The second-order valence-corrected chi connectivity index (χ2v) is 7.73. The molecule has 0 radical (unpaired) electrons. The lowest BCUT2D eigenvalue weighted by Crippen LogP contribution is -2.40. The van der Waals surface area contributed by atoms with Crippen molar-refractivity contribution in [3.05, 3.63) is 21.6 Å². The summed E-state index contributed by atoms with van der Waals surface area (Å²) in [6.45, 7) is 8.90. The van der Waals surface area contributed by atoms with Crippen LogP contribution in [0.5, 0.6) is 0 Å². The van der Waals surface area contributed by atoms with Gasteiger partial charge in [0.1, 0.15) is 6.33 Å². The first-order valence-corrected chi connectivity index (χ1v) is 7.39. The first-order valence-electron chi connectivity index (χ1n) is 7.01. The summed E-state index contributed by atoms with van der Waals surface area (Å²) >= 11 is 5.82. The van der Waals surface area contributed by atoms with Gasteiger partial charge >= 0.3 is 5.69 Å². The van der Waals surface area contributed by atoms with Gasteiger partial charge in [-0.3, -0.25) is 10.1 Å². The zero-order valence-electron chi connectivity index (χ0n) is 12.8. The van der Waals surface area contributed by atoms with Gasteiger partial charge in [-0.25, -0.2) is 9.97 Å². The molecule has 7 heteroatoms. The van der Waals surface area contributed by atoms with Gasteiger partial charge in [0.15, 0.2) is 0 Å². The van der Waals surface area contributed by atoms with Crippen molar-refractivity contribution in [3.8, 4) is 0 Å². The summed E-state index contributed by atoms with van der Waals surface area (Å²) < 4.78 is 0. The quantitative estimate of drug-likeness (QED) is 0.517. The molecule has 1 N–H and O–H groups in total. The van der Waals surface area contributed by atoms with Crippen LogP contribution in [0.4, 0.5) is 11.5 Å². The van der Waals surface area contributed by atoms with E-state index in [2.05, 4.69) is 43.0 Å². The van der Waals surface area contributed by atoms with Crippen molar-refractivity contribution in [1.82, 2.24) is 9.97 Å². The van der Waals surface area contributed by atoms with Crippen LogP contribution in [0.15, 0.2) is 6.33 Å². The molecule has 2 rings (SSSR count). The molecule has 0 bridgehead atoms. The van der Waals surface area contributed by atoms with Crippen molar-refractivity contribution < 1.29 is 4.92 Å². The van der Waals surface area contributed by atoms with Crippen LogP contribution in [-0.2, 0) is 0 Å². The highest BCUT2D eigenvalue weighted by molar-refractivity contribution is 6.31. The molecule has 1 heterocycles. The summed E-state index contributed by atoms with van der Waals surface area (Å²) in [4.78, 5) is 18.3. The van der Waals surface area contributed by atoms with Gasteiger partial charge in [-0.1, -0.05) is 39.3 Å². The van der Waals surface area contributed by atoms with E-state index in [0.29, 0.717) is 0 Å². The van der Waals surface area contributed by atoms with Crippen LogP contribution >= 0.6 is 11.6 Å². The molecule has 1 fully saturated rings. The number of hydrogen-bond donors (Lipinski definition) is 1. The molecule has 1 aromatic rings. The first kappa shape index (κ1) is 15.9. The van der Waals surface area contributed by atoms with Crippen LogP contribution in [0.3, 0.4) is 0 Å². The first-order chi connectivity index (χ1) is 9.60. The zero-order chi connectivity index (χ0) is 15.8. The molecule has 1 saturated carbocycles. The van der Waals surface area contributed by atoms with Gasteiger partial charge in [-0.05, 0) is 30.1 Å². The van der Waals surface area contributed by atoms with Crippen molar-refractivity contribution in [2.45, 2.75) is 53.0 Å². The van der Waals surface area contributed by atoms with Gasteiger partial charge in [-0.2, -0.15) is 0 Å². The molecule has 0 aromatic carbocycles. The van der Waals surface area contributed by atoms with E-state index in [9.17, 15) is 10.1 Å². The Bertz CT molecular complexity index is 544. The summed E-state index contributed by atoms with van der Waals surface area (Å²) in [6, 6.07) is 0.133. The third-order valence-corrected chi connectivity index (χ3v) is 4.13. The highest BCUT2D eigenvalue weighted by Gasteiger charge is 2.39. The lowest BCUT2D eigenvalue weighted by Gasteiger charge is -2.45. The SMILES string of the molecule is CC1(C)CC(Nc2ncnc(Cl)c2[N+](=O)[O-])CC(C)(C)C1. The lowest BCUT2D eigenvalue weighted by molar-refractivity contribution is -0.384. The third kappa shape index (κ3) is 3.81. The normalized spacial score (nSPS) is 21.0. The van der Waals surface area contributed by atoms with Gasteiger partial charge in [0.25, 0.3) is 0 Å². The van der Waals surface area contributed by atoms with Crippen LogP contribution in [0.25, 0.3) is 0 Å². The second kappa shape index (κ2) is 5.40. The standard InChI is InChI=1S/C14H21ClN4O2/c1-13(2)5-9(6-14(3,4)7-13)18-12-10(19(20)21)11(15)16-8-17-12/h8-9H,5-7H2,1-4H3,(H,16,17,18). The Hall–Kier alpha value is -1.43. The number of aromatic nitrogens is 2. The van der Waals surface area contributed by atoms with Gasteiger partial charge in [-0.15, -0.1) is 0 Å². The van der Waals surface area contributed by atoms with Crippen LogP contribution in [-0.4, -0.2) is 20.9 Å². The summed E-state index contributed by atoms with van der Waals surface area (Å²) in [5.41, 5.74) is 0.121. The van der Waals surface area contributed by atoms with E-state index in [-0.39, 0.29) is 33.5 Å². The van der Waals surface area contributed by atoms with Crippen molar-refractivity contribution in [1.29, 1.82) is 0 Å². The Morgan fingerprint density at radius 1 is 1.29 bits per heavy atom. The minimum atomic E-state index is -0.538. The molecule has 21 heavy (non-hydrogen) atoms. The zero-order valence-corrected chi connectivity index (χ0v) is 13.6. The van der Waals surface area contributed by atoms with E-state index in [4.69, 9.17) is 11.6 Å². The monoisotopic (exact) mass is 312 g/mol. The van der Waals surface area contributed by atoms with Crippen LogP contribution in [0, 0.1) is 20.9 Å². The molecule has 0 saturated heterocycles. The fourth-order valence-corrected chi connectivity index (χ4v) is 3.97. The van der Waals surface area contributed by atoms with Gasteiger partial charge in [0.05, 0.1) is 4.92 Å². The number of halogens is 1. The Balaban J connectivity index is 2.26. The maximum atomic E-state index is 11.1. The molecule has 116 valence electrons. The molecular weight excluding hydrogens is 292 g/mol. The molecule has 1 aliphatic carbocycles. The number of nitro groups is 1. The predicted octanol–water partition coefficient (Wildman–Crippen LogP) is 4.06. The molecule has 0 unspecified atom stereocenters. The van der Waals surface area contributed by atoms with E-state index in [0.717, 1.165) is 19.3 Å². The van der Waals surface area contributed by atoms with Crippen molar-refractivity contribution >= 4 is 23.1 Å². The fourth-order valence-electron chi connectivity index (χ4n) is 3.77. The number of nitrogens with zero attached hydrogens (tertiary/aromatic N) is 3. The predicted molar refractivity (Wildman–Crippen MR) is 82.5 cm³/mol. The van der Waals surface area contributed by atoms with E-state index < -0.39 is 4.92 Å². The van der Waals surface area contributed by atoms with Crippen LogP contribution < -0.4 is 5.32 Å². The number of rotatable bonds is 3. The second-order valence-electron chi connectivity index (χ2n) is 7.37. The van der Waals surface area contributed by atoms with Crippen molar-refractivity contribution in [3.63, 3.8) is 0 Å². The molecule has 0 amide bonds. The van der Waals surface area contributed by atoms with E-state index in [1.54, 1.807) is 0 Å². The van der Waals surface area contributed by atoms with E-state index in [1.807, 2.05) is 0 Å². The minimum Gasteiger partial charge on any atom is -0.361 e. The van der Waals surface area contributed by atoms with Crippen LogP contribution in [0.1, 0.15) is 47.0 Å². The Labute approximate surface area is 129 Å². The van der Waals surface area contributed by atoms with Gasteiger partial charge < -0.3 is 5.32 Å². The molecule has 6 nitrogen and oxygen atoms in total. The Morgan fingerprint density at radius 3 is 2.38 bits per heavy atom. The summed E-state index contributed by atoms with van der Waals surface area (Å²) in [5.74, 6) is 0.207. The molecule has 0 spiro atoms. The highest BCUT2D eigenvalue weighted by Crippen LogP contribution is 2.46. The Morgan fingerprint density at radius 2 is 1.86 bits per heavy atom. The smallest absolute Gasteiger partial charge is 0.348 e. The van der Waals surface area contributed by atoms with Crippen LogP contribution in [0.2, 0.25) is 5.15 Å². The molecule has 0 aliphatic heterocycles. The third-order valence-electron chi connectivity index (χ3n) is 3.86. The van der Waals surface area contributed by atoms with Gasteiger partial charge in [0, 0.05) is 6.04 Å². The topological polar surface area (TPSA) is 81.0 Å². The maximum Gasteiger partial charge on any atom is 0.348 e. The number of anilines is 1. The highest BCUT2D eigenvalue weighted by atomic mass is 35.5. The summed E-state index contributed by atoms with van der Waals surface area (Å²) in [6.07, 6.45) is 4.26. The molecular formula is C14H21ClN4O2. The van der Waals surface area contributed by atoms with Gasteiger partial charge in [0.2, 0.25) is 11.0 Å². The average Bonchev–Trinajstić information content (AvgIpc) is 2.23. The molecule has 0 atom stereocenters. The van der Waals surface area contributed by atoms with E-state index in [1.165, 1.54) is 6.33 Å². The minimum absolute atomic E-state index is 0.133. The fraction of sp³-hybridized carbons (Fsp3) is 0.714. The number of nitrogens with one attached hydrogen (secondary N) is 1. The molecule has 1 aromatic heterocycles. The summed E-state index contributed by atoms with van der Waals surface area (Å²) in [7, 11) is 0. The average molecular weight is 313 g/mol. The maximum absolute atomic E-state index is 11.1. The van der Waals surface area contributed by atoms with E-state index >= 15 is 0 Å². The largest absolute Gasteiger partial charge is 0.361 e. The lowest BCUT2D eigenvalue weighted by atomic mass is 9.63. The van der Waals surface area contributed by atoms with Crippen molar-refractivity contribution in [2.75, 3.05) is 5.32 Å². The van der Waals surface area contributed by atoms with Crippen molar-refractivity contribution in [2.24, 2.45) is 10.8 Å². The number of hydrogen-bond acceptors (Lipinski definition) is 5. The molecule has 1 aliphatic rings.